The molecule has 1 aromatic rings. The smallest absolute Gasteiger partial charge is 0.323 e. The average molecular weight is 314 g/mol. The van der Waals surface area contributed by atoms with E-state index in [0.29, 0.717) is 0 Å². The molecular weight excluding hydrogens is 294 g/mol. The van der Waals surface area contributed by atoms with Crippen LogP contribution in [-0.4, -0.2) is 19.1 Å². The molecule has 0 aliphatic carbocycles. The van der Waals surface area contributed by atoms with Crippen molar-refractivity contribution in [1.82, 2.24) is 5.32 Å². The lowest BCUT2D eigenvalue weighted by Gasteiger charge is -2.25. The maximum atomic E-state index is 11.7. The van der Waals surface area contributed by atoms with Crippen LogP contribution in [0.15, 0.2) is 28.7 Å². The minimum absolute atomic E-state index is 0.0760. The minimum Gasteiger partial charge on any atom is -0.468 e. The first-order valence-electron chi connectivity index (χ1n) is 6.05. The molecule has 18 heavy (non-hydrogen) atoms. The van der Waals surface area contributed by atoms with Crippen LogP contribution in [0.5, 0.6) is 0 Å². The van der Waals surface area contributed by atoms with Crippen molar-refractivity contribution >= 4 is 21.9 Å². The third-order valence-electron chi connectivity index (χ3n) is 2.92. The van der Waals surface area contributed by atoms with Gasteiger partial charge in [-0.05, 0) is 24.5 Å². The standard InChI is InChI=1S/C14H20BrNO2/c1-9(2)13(14(17)18-4)16-10(3)11-7-5-6-8-12(11)15/h5-10,13,16H,1-4H3. The number of rotatable bonds is 5. The molecule has 4 heteroatoms. The summed E-state index contributed by atoms with van der Waals surface area (Å²) in [7, 11) is 1.42. The Bertz CT molecular complexity index is 407. The fourth-order valence-corrected chi connectivity index (χ4v) is 2.47. The van der Waals surface area contributed by atoms with Gasteiger partial charge in [0, 0.05) is 10.5 Å². The van der Waals surface area contributed by atoms with Crippen LogP contribution in [0.3, 0.4) is 0 Å². The molecule has 2 atom stereocenters. The topological polar surface area (TPSA) is 38.3 Å². The van der Waals surface area contributed by atoms with Crippen LogP contribution in [0.1, 0.15) is 32.4 Å². The van der Waals surface area contributed by atoms with Crippen LogP contribution < -0.4 is 5.32 Å². The average Bonchev–Trinajstić information content (AvgIpc) is 2.35. The summed E-state index contributed by atoms with van der Waals surface area (Å²) < 4.78 is 5.87. The quantitative estimate of drug-likeness (QED) is 0.848. The van der Waals surface area contributed by atoms with Gasteiger partial charge in [-0.25, -0.2) is 0 Å². The Morgan fingerprint density at radius 3 is 2.39 bits per heavy atom. The molecule has 0 saturated carbocycles. The van der Waals surface area contributed by atoms with E-state index in [1.165, 1.54) is 7.11 Å². The number of benzene rings is 1. The summed E-state index contributed by atoms with van der Waals surface area (Å²) in [6, 6.07) is 7.78. The highest BCUT2D eigenvalue weighted by molar-refractivity contribution is 9.10. The first-order valence-corrected chi connectivity index (χ1v) is 6.85. The van der Waals surface area contributed by atoms with Crippen molar-refractivity contribution in [2.24, 2.45) is 5.92 Å². The van der Waals surface area contributed by atoms with Gasteiger partial charge in [0.2, 0.25) is 0 Å². The number of hydrogen-bond acceptors (Lipinski definition) is 3. The van der Waals surface area contributed by atoms with Crippen LogP contribution in [-0.2, 0) is 9.53 Å². The molecule has 0 heterocycles. The SMILES string of the molecule is COC(=O)C(NC(C)c1ccccc1Br)C(C)C. The van der Waals surface area contributed by atoms with E-state index in [1.54, 1.807) is 0 Å². The fraction of sp³-hybridized carbons (Fsp3) is 0.500. The summed E-state index contributed by atoms with van der Waals surface area (Å²) in [5.74, 6) is -0.0358. The van der Waals surface area contributed by atoms with Crippen molar-refractivity contribution in [3.63, 3.8) is 0 Å². The number of ether oxygens (including phenoxy) is 1. The van der Waals surface area contributed by atoms with Gasteiger partial charge in [-0.15, -0.1) is 0 Å². The first kappa shape index (κ1) is 15.2. The molecule has 0 fully saturated rings. The molecule has 0 bridgehead atoms. The van der Waals surface area contributed by atoms with Crippen LogP contribution in [0.25, 0.3) is 0 Å². The van der Waals surface area contributed by atoms with Gasteiger partial charge in [0.15, 0.2) is 0 Å². The minimum atomic E-state index is -0.294. The third kappa shape index (κ3) is 3.82. The molecule has 0 saturated heterocycles. The van der Waals surface area contributed by atoms with Gasteiger partial charge in [-0.3, -0.25) is 10.1 Å². The Kier molecular flexibility index (Phi) is 5.82. The van der Waals surface area contributed by atoms with Crippen LogP contribution in [0.2, 0.25) is 0 Å². The Labute approximate surface area is 117 Å². The third-order valence-corrected chi connectivity index (χ3v) is 3.65. The highest BCUT2D eigenvalue weighted by Crippen LogP contribution is 2.23. The van der Waals surface area contributed by atoms with Gasteiger partial charge < -0.3 is 4.74 Å². The second-order valence-corrected chi connectivity index (χ2v) is 5.51. The van der Waals surface area contributed by atoms with Crippen molar-refractivity contribution in [1.29, 1.82) is 0 Å². The van der Waals surface area contributed by atoms with Crippen molar-refractivity contribution in [3.8, 4) is 0 Å². The van der Waals surface area contributed by atoms with E-state index < -0.39 is 0 Å². The zero-order chi connectivity index (χ0) is 13.7. The zero-order valence-corrected chi connectivity index (χ0v) is 12.8. The Balaban J connectivity index is 2.82. The molecule has 0 radical (unpaired) electrons. The molecule has 2 unspecified atom stereocenters. The van der Waals surface area contributed by atoms with Crippen LogP contribution >= 0.6 is 15.9 Å². The number of carbonyl (C=O) groups excluding carboxylic acids is 1. The van der Waals surface area contributed by atoms with Crippen molar-refractivity contribution in [2.45, 2.75) is 32.9 Å². The second kappa shape index (κ2) is 6.90. The highest BCUT2D eigenvalue weighted by Gasteiger charge is 2.25. The second-order valence-electron chi connectivity index (χ2n) is 4.65. The molecule has 0 aliphatic rings. The van der Waals surface area contributed by atoms with E-state index in [1.807, 2.05) is 45.0 Å². The molecule has 1 aromatic carbocycles. The maximum Gasteiger partial charge on any atom is 0.323 e. The summed E-state index contributed by atoms with van der Waals surface area (Å²) in [4.78, 5) is 11.7. The summed E-state index contributed by atoms with van der Waals surface area (Å²) in [6.07, 6.45) is 0. The molecule has 100 valence electrons. The predicted octanol–water partition coefficient (Wildman–Crippen LogP) is 3.30. The molecule has 1 rings (SSSR count). The maximum absolute atomic E-state index is 11.7. The lowest BCUT2D eigenvalue weighted by molar-refractivity contribution is -0.144. The van der Waals surface area contributed by atoms with Gasteiger partial charge in [-0.1, -0.05) is 48.0 Å². The van der Waals surface area contributed by atoms with Crippen LogP contribution in [0, 0.1) is 5.92 Å². The Hall–Kier alpha value is -0.870. The molecule has 0 aliphatic heterocycles. The lowest BCUT2D eigenvalue weighted by atomic mass is 10.0. The van der Waals surface area contributed by atoms with Gasteiger partial charge in [0.1, 0.15) is 6.04 Å². The molecule has 0 aromatic heterocycles. The molecule has 0 spiro atoms. The van der Waals surface area contributed by atoms with E-state index in [9.17, 15) is 4.79 Å². The molecule has 1 N–H and O–H groups in total. The first-order chi connectivity index (χ1) is 8.47. The fourth-order valence-electron chi connectivity index (χ4n) is 1.85. The largest absolute Gasteiger partial charge is 0.468 e. The molecule has 3 nitrogen and oxygen atoms in total. The normalized spacial score (nSPS) is 14.3. The van der Waals surface area contributed by atoms with Gasteiger partial charge in [-0.2, -0.15) is 0 Å². The lowest BCUT2D eigenvalue weighted by Crippen LogP contribution is -2.43. The zero-order valence-electron chi connectivity index (χ0n) is 11.2. The number of halogens is 1. The summed E-state index contributed by atoms with van der Waals surface area (Å²) in [5, 5.41) is 3.32. The number of esters is 1. The van der Waals surface area contributed by atoms with E-state index in [4.69, 9.17) is 4.74 Å². The van der Waals surface area contributed by atoms with E-state index in [-0.39, 0.29) is 24.0 Å². The predicted molar refractivity (Wildman–Crippen MR) is 76.3 cm³/mol. The van der Waals surface area contributed by atoms with Gasteiger partial charge in [0.25, 0.3) is 0 Å². The van der Waals surface area contributed by atoms with Gasteiger partial charge in [0.05, 0.1) is 7.11 Å². The van der Waals surface area contributed by atoms with E-state index in [0.717, 1.165) is 10.0 Å². The van der Waals surface area contributed by atoms with E-state index >= 15 is 0 Å². The number of methoxy groups -OCH3 is 1. The van der Waals surface area contributed by atoms with E-state index in [2.05, 4.69) is 21.2 Å². The van der Waals surface area contributed by atoms with Crippen molar-refractivity contribution in [3.05, 3.63) is 34.3 Å². The molecular formula is C14H20BrNO2. The van der Waals surface area contributed by atoms with Crippen LogP contribution in [0.4, 0.5) is 0 Å². The number of hydrogen-bond donors (Lipinski definition) is 1. The monoisotopic (exact) mass is 313 g/mol. The highest BCUT2D eigenvalue weighted by atomic mass is 79.9. The van der Waals surface area contributed by atoms with Crippen molar-refractivity contribution < 1.29 is 9.53 Å². The Morgan fingerprint density at radius 2 is 1.89 bits per heavy atom. The van der Waals surface area contributed by atoms with Crippen molar-refractivity contribution in [2.75, 3.05) is 7.11 Å². The summed E-state index contributed by atoms with van der Waals surface area (Å²) in [5.41, 5.74) is 1.13. The Morgan fingerprint density at radius 1 is 1.28 bits per heavy atom. The number of carbonyl (C=O) groups is 1. The number of nitrogens with one attached hydrogen (secondary N) is 1. The van der Waals surface area contributed by atoms with Gasteiger partial charge >= 0.3 is 5.97 Å². The molecule has 0 amide bonds. The summed E-state index contributed by atoms with van der Waals surface area (Å²) >= 11 is 3.52. The summed E-state index contributed by atoms with van der Waals surface area (Å²) in [6.45, 7) is 6.04.